The Morgan fingerprint density at radius 1 is 1.24 bits per heavy atom. The van der Waals surface area contributed by atoms with Gasteiger partial charge in [0.05, 0.1) is 6.20 Å². The van der Waals surface area contributed by atoms with E-state index in [1.54, 1.807) is 18.2 Å². The van der Waals surface area contributed by atoms with Crippen LogP contribution in [0.15, 0.2) is 35.3 Å². The van der Waals surface area contributed by atoms with E-state index in [1.807, 2.05) is 0 Å². The maximum atomic E-state index is 13.3. The molecule has 17 heavy (non-hydrogen) atoms. The van der Waals surface area contributed by atoms with Gasteiger partial charge in [0.2, 0.25) is 0 Å². The van der Waals surface area contributed by atoms with E-state index < -0.39 is 17.3 Å². The summed E-state index contributed by atoms with van der Waals surface area (Å²) in [6.45, 7) is 0.0730. The third-order valence-corrected chi connectivity index (χ3v) is 2.18. The largest absolute Gasteiger partial charge is 0.365 e. The van der Waals surface area contributed by atoms with Crippen molar-refractivity contribution in [3.63, 3.8) is 0 Å². The Labute approximate surface area is 95.3 Å². The smallest absolute Gasteiger partial charge is 0.346 e. The first-order chi connectivity index (χ1) is 8.16. The number of hydrogen-bond acceptors (Lipinski definition) is 3. The summed E-state index contributed by atoms with van der Waals surface area (Å²) in [5.74, 6) is -1.19. The van der Waals surface area contributed by atoms with E-state index in [9.17, 15) is 13.6 Å². The highest BCUT2D eigenvalue weighted by molar-refractivity contribution is 5.35. The molecule has 0 saturated heterocycles. The van der Waals surface area contributed by atoms with Crippen molar-refractivity contribution in [3.8, 4) is 0 Å². The molecular formula is C11H9F2N3O. The van der Waals surface area contributed by atoms with Crippen molar-refractivity contribution in [1.82, 2.24) is 9.97 Å². The van der Waals surface area contributed by atoms with Crippen LogP contribution in [0.2, 0.25) is 0 Å². The fourth-order valence-electron chi connectivity index (χ4n) is 1.33. The Morgan fingerprint density at radius 2 is 2.00 bits per heavy atom. The predicted molar refractivity (Wildman–Crippen MR) is 58.5 cm³/mol. The number of anilines is 1. The first kappa shape index (κ1) is 11.3. The second kappa shape index (κ2) is 4.73. The third kappa shape index (κ3) is 2.66. The van der Waals surface area contributed by atoms with E-state index >= 15 is 0 Å². The van der Waals surface area contributed by atoms with Crippen molar-refractivity contribution in [2.24, 2.45) is 0 Å². The number of aromatic amines is 1. The molecule has 1 aromatic carbocycles. The Bertz CT molecular complexity index is 583. The molecule has 2 N–H and O–H groups in total. The molecule has 0 spiro atoms. The van der Waals surface area contributed by atoms with Gasteiger partial charge in [-0.15, -0.1) is 0 Å². The van der Waals surface area contributed by atoms with Gasteiger partial charge in [-0.2, -0.15) is 4.98 Å². The maximum Gasteiger partial charge on any atom is 0.346 e. The monoisotopic (exact) mass is 237 g/mol. The summed E-state index contributed by atoms with van der Waals surface area (Å²) in [5.41, 5.74) is -0.285. The van der Waals surface area contributed by atoms with Crippen molar-refractivity contribution < 1.29 is 8.78 Å². The minimum Gasteiger partial charge on any atom is -0.365 e. The van der Waals surface area contributed by atoms with Gasteiger partial charge < -0.3 is 5.32 Å². The van der Waals surface area contributed by atoms with E-state index in [2.05, 4.69) is 15.3 Å². The summed E-state index contributed by atoms with van der Waals surface area (Å²) in [6, 6.07) is 6.11. The predicted octanol–water partition coefficient (Wildman–Crippen LogP) is 1.66. The number of hydrogen-bond donors (Lipinski definition) is 2. The number of benzene rings is 1. The molecule has 0 radical (unpaired) electrons. The Hall–Kier alpha value is -2.24. The van der Waals surface area contributed by atoms with Gasteiger partial charge in [-0.25, -0.2) is 13.6 Å². The normalized spacial score (nSPS) is 10.2. The summed E-state index contributed by atoms with van der Waals surface area (Å²) in [7, 11) is 0. The zero-order valence-electron chi connectivity index (χ0n) is 8.71. The molecule has 6 heteroatoms. The van der Waals surface area contributed by atoms with Gasteiger partial charge in [0.25, 0.3) is 0 Å². The quantitative estimate of drug-likeness (QED) is 0.853. The number of nitrogens with one attached hydrogen (secondary N) is 2. The minimum absolute atomic E-state index is 0.0730. The van der Waals surface area contributed by atoms with E-state index in [0.29, 0.717) is 5.56 Å². The second-order valence-electron chi connectivity index (χ2n) is 3.36. The summed E-state index contributed by atoms with van der Waals surface area (Å²) in [4.78, 5) is 16.3. The third-order valence-electron chi connectivity index (χ3n) is 2.18. The van der Waals surface area contributed by atoms with Crippen LogP contribution >= 0.6 is 0 Å². The average molecular weight is 237 g/mol. The van der Waals surface area contributed by atoms with Gasteiger partial charge >= 0.3 is 5.69 Å². The minimum atomic E-state index is -0.694. The first-order valence-electron chi connectivity index (χ1n) is 4.89. The van der Waals surface area contributed by atoms with Crippen LogP contribution in [0.1, 0.15) is 5.56 Å². The standard InChI is InChI=1S/C11H9F2N3O/c12-8-4-2-1-3-7(8)5-14-10-9(13)6-15-11(17)16-10/h1-4,6H,5H2,(H2,14,15,16,17). The highest BCUT2D eigenvalue weighted by atomic mass is 19.1. The molecule has 0 atom stereocenters. The number of H-pyrrole nitrogens is 1. The molecule has 1 heterocycles. The zero-order chi connectivity index (χ0) is 12.3. The van der Waals surface area contributed by atoms with Gasteiger partial charge in [0, 0.05) is 12.1 Å². The van der Waals surface area contributed by atoms with Gasteiger partial charge in [-0.3, -0.25) is 4.98 Å². The van der Waals surface area contributed by atoms with Crippen LogP contribution < -0.4 is 11.0 Å². The molecule has 0 fully saturated rings. The fraction of sp³-hybridized carbons (Fsp3) is 0.0909. The van der Waals surface area contributed by atoms with E-state index in [-0.39, 0.29) is 12.4 Å². The summed E-state index contributed by atoms with van der Waals surface area (Å²) < 4.78 is 26.4. The van der Waals surface area contributed by atoms with Gasteiger partial charge in [-0.1, -0.05) is 18.2 Å². The van der Waals surface area contributed by atoms with Crippen molar-refractivity contribution in [2.45, 2.75) is 6.54 Å². The summed E-state index contributed by atoms with van der Waals surface area (Å²) in [5, 5.41) is 2.60. The molecule has 0 bridgehead atoms. The molecular weight excluding hydrogens is 228 g/mol. The number of aromatic nitrogens is 2. The van der Waals surface area contributed by atoms with E-state index in [1.165, 1.54) is 6.07 Å². The lowest BCUT2D eigenvalue weighted by Crippen LogP contribution is -2.15. The Kier molecular flexibility index (Phi) is 3.13. The first-order valence-corrected chi connectivity index (χ1v) is 4.89. The SMILES string of the molecule is O=c1ncc(F)c(NCc2ccccc2F)[nH]1. The lowest BCUT2D eigenvalue weighted by molar-refractivity contribution is 0.605. The number of rotatable bonds is 3. The van der Waals surface area contributed by atoms with Crippen molar-refractivity contribution in [2.75, 3.05) is 5.32 Å². The lowest BCUT2D eigenvalue weighted by atomic mass is 10.2. The van der Waals surface area contributed by atoms with Crippen LogP contribution in [0.25, 0.3) is 0 Å². The molecule has 2 aromatic rings. The molecule has 2 rings (SSSR count). The molecule has 0 saturated carbocycles. The van der Waals surface area contributed by atoms with Crippen molar-refractivity contribution >= 4 is 5.82 Å². The second-order valence-corrected chi connectivity index (χ2v) is 3.36. The molecule has 0 amide bonds. The number of halogens is 2. The van der Waals surface area contributed by atoms with Crippen LogP contribution in [-0.2, 0) is 6.54 Å². The van der Waals surface area contributed by atoms with Crippen LogP contribution in [0.5, 0.6) is 0 Å². The van der Waals surface area contributed by atoms with Crippen LogP contribution in [0.4, 0.5) is 14.6 Å². The molecule has 0 aliphatic heterocycles. The maximum absolute atomic E-state index is 13.3. The number of nitrogens with zero attached hydrogens (tertiary/aromatic N) is 1. The highest BCUT2D eigenvalue weighted by Crippen LogP contribution is 2.10. The molecule has 4 nitrogen and oxygen atoms in total. The van der Waals surface area contributed by atoms with Crippen LogP contribution in [0, 0.1) is 11.6 Å². The summed E-state index contributed by atoms with van der Waals surface area (Å²) >= 11 is 0. The topological polar surface area (TPSA) is 57.8 Å². The Balaban J connectivity index is 2.15. The average Bonchev–Trinajstić information content (AvgIpc) is 2.32. The van der Waals surface area contributed by atoms with Crippen LogP contribution in [0.3, 0.4) is 0 Å². The van der Waals surface area contributed by atoms with Gasteiger partial charge in [0.1, 0.15) is 11.6 Å². The Morgan fingerprint density at radius 3 is 2.76 bits per heavy atom. The molecule has 0 aliphatic rings. The van der Waals surface area contributed by atoms with E-state index in [4.69, 9.17) is 0 Å². The molecule has 0 unspecified atom stereocenters. The van der Waals surface area contributed by atoms with Crippen molar-refractivity contribution in [1.29, 1.82) is 0 Å². The fourth-order valence-corrected chi connectivity index (χ4v) is 1.33. The molecule has 1 aromatic heterocycles. The summed E-state index contributed by atoms with van der Waals surface area (Å²) in [6.07, 6.45) is 0.808. The van der Waals surface area contributed by atoms with Gasteiger partial charge in [-0.05, 0) is 6.07 Å². The highest BCUT2D eigenvalue weighted by Gasteiger charge is 2.05. The molecule has 0 aliphatic carbocycles. The van der Waals surface area contributed by atoms with Crippen molar-refractivity contribution in [3.05, 3.63) is 58.1 Å². The zero-order valence-corrected chi connectivity index (χ0v) is 8.71. The van der Waals surface area contributed by atoms with Crippen LogP contribution in [-0.4, -0.2) is 9.97 Å². The lowest BCUT2D eigenvalue weighted by Gasteiger charge is -2.07. The van der Waals surface area contributed by atoms with Gasteiger partial charge in [0.15, 0.2) is 5.82 Å². The molecule has 88 valence electrons. The van der Waals surface area contributed by atoms with E-state index in [0.717, 1.165) is 6.20 Å².